The first-order valence-corrected chi connectivity index (χ1v) is 6.84. The van der Waals surface area contributed by atoms with Crippen molar-refractivity contribution in [3.63, 3.8) is 0 Å². The molecule has 0 saturated carbocycles. The molecule has 0 radical (unpaired) electrons. The molecule has 2 aromatic carbocycles. The Labute approximate surface area is 124 Å². The maximum Gasteiger partial charge on any atom is 0.164 e. The van der Waals surface area contributed by atoms with Gasteiger partial charge in [0.25, 0.3) is 0 Å². The van der Waals surface area contributed by atoms with E-state index in [0.717, 1.165) is 11.3 Å². The van der Waals surface area contributed by atoms with Crippen molar-refractivity contribution in [3.8, 4) is 0 Å². The van der Waals surface area contributed by atoms with Gasteiger partial charge in [-0.15, -0.1) is 0 Å². The third kappa shape index (κ3) is 3.05. The molecule has 112 valence electrons. The summed E-state index contributed by atoms with van der Waals surface area (Å²) in [5, 5.41) is 3.05. The average molecular weight is 290 g/mol. The molecule has 0 heterocycles. The number of hydrogen-bond acceptors (Lipinski definition) is 2. The molecule has 0 spiro atoms. The third-order valence-electron chi connectivity index (χ3n) is 3.65. The lowest BCUT2D eigenvalue weighted by Gasteiger charge is -2.20. The van der Waals surface area contributed by atoms with Crippen molar-refractivity contribution < 1.29 is 8.78 Å². The number of halogens is 2. The molecule has 0 aliphatic rings. The minimum absolute atomic E-state index is 0.314. The molecule has 2 rings (SSSR count). The van der Waals surface area contributed by atoms with Gasteiger partial charge in [-0.1, -0.05) is 24.3 Å². The summed E-state index contributed by atoms with van der Waals surface area (Å²) >= 11 is 0. The molecule has 0 aromatic heterocycles. The summed E-state index contributed by atoms with van der Waals surface area (Å²) in [4.78, 5) is 1.99. The molecular formula is C17H20F2N2. The van der Waals surface area contributed by atoms with Crippen LogP contribution in [-0.2, 0) is 0 Å². The maximum atomic E-state index is 14.2. The fourth-order valence-corrected chi connectivity index (χ4v) is 2.35. The van der Waals surface area contributed by atoms with Crippen LogP contribution in [0.25, 0.3) is 0 Å². The van der Waals surface area contributed by atoms with Gasteiger partial charge in [0.1, 0.15) is 0 Å². The summed E-state index contributed by atoms with van der Waals surface area (Å²) in [7, 11) is 5.65. The molecule has 0 amide bonds. The Kier molecular flexibility index (Phi) is 4.58. The lowest BCUT2D eigenvalue weighted by Crippen LogP contribution is -2.20. The van der Waals surface area contributed by atoms with Gasteiger partial charge in [0.05, 0.1) is 6.04 Å². The molecule has 0 fully saturated rings. The van der Waals surface area contributed by atoms with E-state index in [1.54, 1.807) is 26.1 Å². The van der Waals surface area contributed by atoms with E-state index < -0.39 is 11.6 Å². The second-order valence-corrected chi connectivity index (χ2v) is 5.31. The van der Waals surface area contributed by atoms with E-state index in [1.165, 1.54) is 0 Å². The van der Waals surface area contributed by atoms with Crippen LogP contribution in [0.3, 0.4) is 0 Å². The number of nitrogens with one attached hydrogen (secondary N) is 1. The van der Waals surface area contributed by atoms with Gasteiger partial charge >= 0.3 is 0 Å². The monoisotopic (exact) mass is 290 g/mol. The second-order valence-electron chi connectivity index (χ2n) is 5.31. The summed E-state index contributed by atoms with van der Waals surface area (Å²) in [5.41, 5.74) is 2.58. The predicted molar refractivity (Wildman–Crippen MR) is 82.8 cm³/mol. The number of benzene rings is 2. The highest BCUT2D eigenvalue weighted by atomic mass is 19.2. The van der Waals surface area contributed by atoms with Crippen molar-refractivity contribution >= 4 is 5.69 Å². The van der Waals surface area contributed by atoms with Crippen LogP contribution in [0, 0.1) is 18.6 Å². The Balaban J connectivity index is 2.42. The van der Waals surface area contributed by atoms with Crippen LogP contribution in [0.2, 0.25) is 0 Å². The minimum atomic E-state index is -0.786. The zero-order chi connectivity index (χ0) is 15.6. The first-order valence-electron chi connectivity index (χ1n) is 6.84. The minimum Gasteiger partial charge on any atom is -0.378 e. The van der Waals surface area contributed by atoms with E-state index in [2.05, 4.69) is 5.32 Å². The zero-order valence-electron chi connectivity index (χ0n) is 12.7. The van der Waals surface area contributed by atoms with Crippen molar-refractivity contribution in [3.05, 3.63) is 64.7 Å². The number of rotatable bonds is 4. The van der Waals surface area contributed by atoms with Crippen LogP contribution in [0.5, 0.6) is 0 Å². The first kappa shape index (κ1) is 15.4. The normalized spacial score (nSPS) is 12.3. The van der Waals surface area contributed by atoms with Gasteiger partial charge in [0.15, 0.2) is 11.6 Å². The molecule has 1 atom stereocenters. The van der Waals surface area contributed by atoms with Gasteiger partial charge in [-0.3, -0.25) is 0 Å². The summed E-state index contributed by atoms with van der Waals surface area (Å²) in [5.74, 6) is -1.57. The smallest absolute Gasteiger partial charge is 0.164 e. The quantitative estimate of drug-likeness (QED) is 0.924. The first-order chi connectivity index (χ1) is 9.95. The molecule has 1 unspecified atom stereocenters. The van der Waals surface area contributed by atoms with Gasteiger partial charge in [0, 0.05) is 25.3 Å². The highest BCUT2D eigenvalue weighted by Crippen LogP contribution is 2.28. The molecule has 1 N–H and O–H groups in total. The fraction of sp³-hybridized carbons (Fsp3) is 0.294. The van der Waals surface area contributed by atoms with Crippen molar-refractivity contribution in [1.82, 2.24) is 5.32 Å². The number of hydrogen-bond donors (Lipinski definition) is 1. The summed E-state index contributed by atoms with van der Waals surface area (Å²) in [6, 6.07) is 10.6. The van der Waals surface area contributed by atoms with Crippen LogP contribution in [-0.4, -0.2) is 21.1 Å². The summed E-state index contributed by atoms with van der Waals surface area (Å²) in [6.07, 6.45) is 0. The Morgan fingerprint density at radius 1 is 0.952 bits per heavy atom. The Bertz CT molecular complexity index is 621. The van der Waals surface area contributed by atoms with Gasteiger partial charge in [0.2, 0.25) is 0 Å². The molecule has 0 aliphatic carbocycles. The largest absolute Gasteiger partial charge is 0.378 e. The average Bonchev–Trinajstić information content (AvgIpc) is 2.48. The molecule has 0 aliphatic heterocycles. The van der Waals surface area contributed by atoms with Crippen LogP contribution >= 0.6 is 0 Å². The SMILES string of the molecule is CNC(c1ccc(N(C)C)cc1)c1ccc(C)c(F)c1F. The molecule has 2 aromatic rings. The van der Waals surface area contributed by atoms with E-state index in [0.29, 0.717) is 11.1 Å². The van der Waals surface area contributed by atoms with Gasteiger partial charge in [-0.05, 0) is 37.2 Å². The summed E-state index contributed by atoms with van der Waals surface area (Å²) < 4.78 is 27.9. The molecule has 0 bridgehead atoms. The van der Waals surface area contributed by atoms with Crippen molar-refractivity contribution in [2.75, 3.05) is 26.0 Å². The highest BCUT2D eigenvalue weighted by molar-refractivity contribution is 5.48. The maximum absolute atomic E-state index is 14.2. The van der Waals surface area contributed by atoms with Gasteiger partial charge in [-0.2, -0.15) is 0 Å². The number of anilines is 1. The lowest BCUT2D eigenvalue weighted by molar-refractivity contribution is 0.482. The topological polar surface area (TPSA) is 15.3 Å². The zero-order valence-corrected chi connectivity index (χ0v) is 12.7. The Morgan fingerprint density at radius 2 is 1.57 bits per heavy atom. The van der Waals surface area contributed by atoms with Crippen LogP contribution in [0.15, 0.2) is 36.4 Å². The fourth-order valence-electron chi connectivity index (χ4n) is 2.35. The standard InChI is InChI=1S/C17H20F2N2/c1-11-5-10-14(16(19)15(11)18)17(20-2)12-6-8-13(9-7-12)21(3)4/h5-10,17,20H,1-4H3. The molecule has 2 nitrogen and oxygen atoms in total. The van der Waals surface area contributed by atoms with Crippen LogP contribution in [0.1, 0.15) is 22.7 Å². The van der Waals surface area contributed by atoms with Gasteiger partial charge < -0.3 is 10.2 Å². The number of aryl methyl sites for hydroxylation is 1. The summed E-state index contributed by atoms with van der Waals surface area (Å²) in [6.45, 7) is 1.56. The predicted octanol–water partition coefficient (Wildman–Crippen LogP) is 3.65. The second kappa shape index (κ2) is 6.22. The van der Waals surface area contributed by atoms with E-state index in [1.807, 2.05) is 43.3 Å². The van der Waals surface area contributed by atoms with Crippen LogP contribution < -0.4 is 10.2 Å². The van der Waals surface area contributed by atoms with Gasteiger partial charge in [-0.25, -0.2) is 8.78 Å². The Hall–Kier alpha value is -1.94. The van der Waals surface area contributed by atoms with Crippen LogP contribution in [0.4, 0.5) is 14.5 Å². The highest BCUT2D eigenvalue weighted by Gasteiger charge is 2.19. The number of nitrogens with zero attached hydrogens (tertiary/aromatic N) is 1. The third-order valence-corrected chi connectivity index (χ3v) is 3.65. The molecule has 21 heavy (non-hydrogen) atoms. The molecule has 4 heteroatoms. The van der Waals surface area contributed by atoms with Crippen molar-refractivity contribution in [2.45, 2.75) is 13.0 Å². The van der Waals surface area contributed by atoms with Crippen molar-refractivity contribution in [1.29, 1.82) is 0 Å². The van der Waals surface area contributed by atoms with Crippen molar-refractivity contribution in [2.24, 2.45) is 0 Å². The van der Waals surface area contributed by atoms with E-state index >= 15 is 0 Å². The Morgan fingerprint density at radius 3 is 2.10 bits per heavy atom. The lowest BCUT2D eigenvalue weighted by atomic mass is 9.97. The van der Waals surface area contributed by atoms with E-state index in [4.69, 9.17) is 0 Å². The van der Waals surface area contributed by atoms with E-state index in [-0.39, 0.29) is 6.04 Å². The molecular weight excluding hydrogens is 270 g/mol. The van der Waals surface area contributed by atoms with E-state index in [9.17, 15) is 8.78 Å². The molecule has 0 saturated heterocycles.